The Morgan fingerprint density at radius 2 is 1.97 bits per heavy atom. The van der Waals surface area contributed by atoms with Crippen molar-refractivity contribution < 1.29 is 23.6 Å². The summed E-state index contributed by atoms with van der Waals surface area (Å²) in [5.41, 5.74) is 1.46. The number of non-ortho nitro benzene ring substituents is 1. The monoisotopic (exact) mass is 395 g/mol. The zero-order valence-corrected chi connectivity index (χ0v) is 15.5. The molecule has 0 bridgehead atoms. The number of hydrogen-bond donors (Lipinski definition) is 0. The van der Waals surface area contributed by atoms with Gasteiger partial charge in [0.2, 0.25) is 5.89 Å². The maximum absolute atomic E-state index is 12.5. The SMILES string of the molecule is C[C@@H](OC(=O)[C@@H]1COc2ccccc2C1)c1nnc(-c2ccc([N+](=O)[O-])cc2)o1. The molecular weight excluding hydrogens is 378 g/mol. The van der Waals surface area contributed by atoms with Gasteiger partial charge in [-0.25, -0.2) is 0 Å². The zero-order valence-electron chi connectivity index (χ0n) is 15.5. The van der Waals surface area contributed by atoms with Crippen LogP contribution in [0.1, 0.15) is 24.5 Å². The van der Waals surface area contributed by atoms with Crippen LogP contribution >= 0.6 is 0 Å². The molecular formula is C20H17N3O6. The molecule has 2 aromatic carbocycles. The molecule has 0 N–H and O–H groups in total. The van der Waals surface area contributed by atoms with Crippen LogP contribution in [0.5, 0.6) is 5.75 Å². The summed E-state index contributed by atoms with van der Waals surface area (Å²) in [5.74, 6) is 0.303. The number of carbonyl (C=O) groups is 1. The summed E-state index contributed by atoms with van der Waals surface area (Å²) < 4.78 is 16.7. The minimum absolute atomic E-state index is 0.0351. The number of nitrogens with zero attached hydrogens (tertiary/aromatic N) is 3. The molecule has 0 saturated carbocycles. The predicted octanol–water partition coefficient (Wildman–Crippen LogP) is 3.50. The molecule has 9 nitrogen and oxygen atoms in total. The highest BCUT2D eigenvalue weighted by atomic mass is 16.6. The first-order valence-corrected chi connectivity index (χ1v) is 9.00. The number of aromatic nitrogens is 2. The van der Waals surface area contributed by atoms with E-state index in [1.54, 1.807) is 6.92 Å². The number of hydrogen-bond acceptors (Lipinski definition) is 8. The van der Waals surface area contributed by atoms with E-state index in [2.05, 4.69) is 10.2 Å². The highest BCUT2D eigenvalue weighted by Crippen LogP contribution is 2.29. The van der Waals surface area contributed by atoms with Crippen LogP contribution in [0.15, 0.2) is 52.9 Å². The molecule has 1 aromatic heterocycles. The average molecular weight is 395 g/mol. The van der Waals surface area contributed by atoms with Gasteiger partial charge in [-0.2, -0.15) is 0 Å². The zero-order chi connectivity index (χ0) is 20.4. The van der Waals surface area contributed by atoms with Crippen molar-refractivity contribution >= 4 is 11.7 Å². The third-order valence-corrected chi connectivity index (χ3v) is 4.62. The van der Waals surface area contributed by atoms with E-state index in [1.165, 1.54) is 24.3 Å². The van der Waals surface area contributed by atoms with Gasteiger partial charge < -0.3 is 13.9 Å². The lowest BCUT2D eigenvalue weighted by Gasteiger charge is -2.24. The third-order valence-electron chi connectivity index (χ3n) is 4.62. The number of carbonyl (C=O) groups excluding carboxylic acids is 1. The Bertz CT molecular complexity index is 1050. The van der Waals surface area contributed by atoms with E-state index < -0.39 is 22.9 Å². The van der Waals surface area contributed by atoms with E-state index >= 15 is 0 Å². The molecule has 0 unspecified atom stereocenters. The Morgan fingerprint density at radius 1 is 1.21 bits per heavy atom. The van der Waals surface area contributed by atoms with Crippen molar-refractivity contribution in [2.75, 3.05) is 6.61 Å². The van der Waals surface area contributed by atoms with Gasteiger partial charge in [0.1, 0.15) is 12.4 Å². The van der Waals surface area contributed by atoms with E-state index in [4.69, 9.17) is 13.9 Å². The highest BCUT2D eigenvalue weighted by Gasteiger charge is 2.29. The van der Waals surface area contributed by atoms with Crippen LogP contribution in [-0.4, -0.2) is 27.7 Å². The van der Waals surface area contributed by atoms with Gasteiger partial charge in [-0.05, 0) is 37.1 Å². The Morgan fingerprint density at radius 3 is 2.72 bits per heavy atom. The molecule has 4 rings (SSSR count). The number of rotatable bonds is 5. The molecule has 0 fully saturated rings. The number of nitro groups is 1. The Hall–Kier alpha value is -3.75. The standard InChI is InChI=1S/C20H17N3O6/c1-12(28-20(24)15-10-14-4-2-3-5-17(14)27-11-15)18-21-22-19(29-18)13-6-8-16(9-7-13)23(25)26/h2-9,12,15H,10-11H2,1H3/t12-,15+/m1/s1. The van der Waals surface area contributed by atoms with Crippen LogP contribution < -0.4 is 4.74 Å². The first-order valence-electron chi connectivity index (χ1n) is 9.00. The van der Waals surface area contributed by atoms with E-state index in [9.17, 15) is 14.9 Å². The fourth-order valence-electron chi connectivity index (χ4n) is 3.04. The molecule has 0 aliphatic carbocycles. The second-order valence-electron chi connectivity index (χ2n) is 6.65. The number of para-hydroxylation sites is 1. The van der Waals surface area contributed by atoms with Gasteiger partial charge >= 0.3 is 5.97 Å². The van der Waals surface area contributed by atoms with Crippen LogP contribution in [0.3, 0.4) is 0 Å². The number of benzene rings is 2. The van der Waals surface area contributed by atoms with Gasteiger partial charge in [-0.3, -0.25) is 14.9 Å². The molecule has 0 saturated heterocycles. The molecule has 0 radical (unpaired) electrons. The van der Waals surface area contributed by atoms with Crippen LogP contribution in [0.25, 0.3) is 11.5 Å². The van der Waals surface area contributed by atoms with Gasteiger partial charge in [0.25, 0.3) is 11.6 Å². The molecule has 2 heterocycles. The average Bonchev–Trinajstić information content (AvgIpc) is 3.24. The van der Waals surface area contributed by atoms with Crippen LogP contribution in [-0.2, 0) is 16.0 Å². The summed E-state index contributed by atoms with van der Waals surface area (Å²) in [6.45, 7) is 1.89. The summed E-state index contributed by atoms with van der Waals surface area (Å²) in [7, 11) is 0. The van der Waals surface area contributed by atoms with Gasteiger partial charge in [-0.1, -0.05) is 18.2 Å². The molecule has 3 aromatic rings. The fraction of sp³-hybridized carbons (Fsp3) is 0.250. The van der Waals surface area contributed by atoms with Crippen LogP contribution in [0, 0.1) is 16.0 Å². The maximum Gasteiger partial charge on any atom is 0.313 e. The van der Waals surface area contributed by atoms with Gasteiger partial charge in [0, 0.05) is 17.7 Å². The second kappa shape index (κ2) is 7.70. The van der Waals surface area contributed by atoms with Crippen molar-refractivity contribution in [1.82, 2.24) is 10.2 Å². The van der Waals surface area contributed by atoms with E-state index in [-0.39, 0.29) is 24.1 Å². The van der Waals surface area contributed by atoms with Gasteiger partial charge in [0.05, 0.1) is 10.8 Å². The molecule has 148 valence electrons. The molecule has 29 heavy (non-hydrogen) atoms. The lowest BCUT2D eigenvalue weighted by atomic mass is 9.97. The maximum atomic E-state index is 12.5. The topological polar surface area (TPSA) is 118 Å². The fourth-order valence-corrected chi connectivity index (χ4v) is 3.04. The second-order valence-corrected chi connectivity index (χ2v) is 6.65. The molecule has 0 amide bonds. The smallest absolute Gasteiger partial charge is 0.313 e. The number of ether oxygens (including phenoxy) is 2. The molecule has 2 atom stereocenters. The third kappa shape index (κ3) is 3.93. The summed E-state index contributed by atoms with van der Waals surface area (Å²) in [4.78, 5) is 22.8. The largest absolute Gasteiger partial charge is 0.492 e. The predicted molar refractivity (Wildman–Crippen MR) is 100 cm³/mol. The first kappa shape index (κ1) is 18.6. The van der Waals surface area contributed by atoms with Crippen molar-refractivity contribution in [3.63, 3.8) is 0 Å². The number of esters is 1. The minimum Gasteiger partial charge on any atom is -0.492 e. The summed E-state index contributed by atoms with van der Waals surface area (Å²) in [5, 5.41) is 18.6. The summed E-state index contributed by atoms with van der Waals surface area (Å²) >= 11 is 0. The highest BCUT2D eigenvalue weighted by molar-refractivity contribution is 5.74. The van der Waals surface area contributed by atoms with Crippen molar-refractivity contribution in [3.8, 4) is 17.2 Å². The van der Waals surface area contributed by atoms with Crippen molar-refractivity contribution in [2.45, 2.75) is 19.4 Å². The van der Waals surface area contributed by atoms with Crippen molar-refractivity contribution in [1.29, 1.82) is 0 Å². The Kier molecular flexibility index (Phi) is 4.94. The number of nitro benzene ring substituents is 1. The van der Waals surface area contributed by atoms with Gasteiger partial charge in [0.15, 0.2) is 6.10 Å². The van der Waals surface area contributed by atoms with E-state index in [0.29, 0.717) is 12.0 Å². The normalized spacial score (nSPS) is 16.4. The van der Waals surface area contributed by atoms with Crippen LogP contribution in [0.2, 0.25) is 0 Å². The van der Waals surface area contributed by atoms with Gasteiger partial charge in [-0.15, -0.1) is 10.2 Å². The lowest BCUT2D eigenvalue weighted by Crippen LogP contribution is -2.30. The minimum atomic E-state index is -0.737. The number of fused-ring (bicyclic) bond motifs is 1. The molecule has 1 aliphatic rings. The summed E-state index contributed by atoms with van der Waals surface area (Å²) in [6.07, 6.45) is -0.196. The van der Waals surface area contributed by atoms with Crippen molar-refractivity contribution in [3.05, 3.63) is 70.1 Å². The van der Waals surface area contributed by atoms with Crippen LogP contribution in [0.4, 0.5) is 5.69 Å². The molecule has 1 aliphatic heterocycles. The van der Waals surface area contributed by atoms with E-state index in [0.717, 1.165) is 11.3 Å². The van der Waals surface area contributed by atoms with E-state index in [1.807, 2.05) is 24.3 Å². The summed E-state index contributed by atoms with van der Waals surface area (Å²) in [6, 6.07) is 13.3. The first-order chi connectivity index (χ1) is 14.0. The molecule has 0 spiro atoms. The Labute approximate surface area is 165 Å². The molecule has 9 heteroatoms. The lowest BCUT2D eigenvalue weighted by molar-refractivity contribution is -0.384. The quantitative estimate of drug-likeness (QED) is 0.366. The van der Waals surface area contributed by atoms with Crippen molar-refractivity contribution in [2.24, 2.45) is 5.92 Å². The Balaban J connectivity index is 1.41.